The summed E-state index contributed by atoms with van der Waals surface area (Å²) in [4.78, 5) is 12.4. The van der Waals surface area contributed by atoms with Gasteiger partial charge in [-0.1, -0.05) is 37.1 Å². The third-order valence-corrected chi connectivity index (χ3v) is 5.90. The van der Waals surface area contributed by atoms with Gasteiger partial charge in [-0.2, -0.15) is 5.26 Å². The fraction of sp³-hybridized carbons (Fsp3) is 0.333. The Morgan fingerprint density at radius 2 is 2.10 bits per heavy atom. The van der Waals surface area contributed by atoms with E-state index in [2.05, 4.69) is 26.2 Å². The van der Waals surface area contributed by atoms with Crippen LogP contribution in [0.3, 0.4) is 0 Å². The van der Waals surface area contributed by atoms with Crippen molar-refractivity contribution in [2.75, 3.05) is 11.1 Å². The molecule has 1 aromatic carbocycles. The number of aromatic nitrogens is 3. The van der Waals surface area contributed by atoms with Crippen LogP contribution in [0.2, 0.25) is 0 Å². The maximum absolute atomic E-state index is 12.4. The van der Waals surface area contributed by atoms with Gasteiger partial charge in [0.15, 0.2) is 10.9 Å². The van der Waals surface area contributed by atoms with Gasteiger partial charge in [0.1, 0.15) is 0 Å². The number of rotatable bonds is 6. The summed E-state index contributed by atoms with van der Waals surface area (Å²) in [5, 5.41) is 21.2. The molecule has 1 N–H and O–H groups in total. The predicted octanol–water partition coefficient (Wildman–Crippen LogP) is 4.65. The van der Waals surface area contributed by atoms with Gasteiger partial charge < -0.3 is 9.73 Å². The average molecular weight is 407 g/mol. The lowest BCUT2D eigenvalue weighted by Gasteiger charge is -2.25. The summed E-state index contributed by atoms with van der Waals surface area (Å²) in [7, 11) is 0. The van der Waals surface area contributed by atoms with Crippen LogP contribution in [0.25, 0.3) is 11.6 Å². The van der Waals surface area contributed by atoms with Crippen LogP contribution in [0, 0.1) is 11.3 Å². The van der Waals surface area contributed by atoms with Gasteiger partial charge in [0.2, 0.25) is 11.7 Å². The Morgan fingerprint density at radius 1 is 1.24 bits per heavy atom. The van der Waals surface area contributed by atoms with Gasteiger partial charge >= 0.3 is 0 Å². The van der Waals surface area contributed by atoms with Crippen molar-refractivity contribution in [1.29, 1.82) is 5.26 Å². The van der Waals surface area contributed by atoms with Crippen LogP contribution in [0.5, 0.6) is 0 Å². The molecule has 1 fully saturated rings. The number of nitriles is 1. The Morgan fingerprint density at radius 3 is 2.86 bits per heavy atom. The van der Waals surface area contributed by atoms with Crippen LogP contribution in [0.4, 0.5) is 5.69 Å². The van der Waals surface area contributed by atoms with Gasteiger partial charge in [-0.25, -0.2) is 0 Å². The minimum atomic E-state index is -0.150. The van der Waals surface area contributed by atoms with E-state index < -0.39 is 0 Å². The van der Waals surface area contributed by atoms with Crippen molar-refractivity contribution in [3.05, 3.63) is 48.2 Å². The highest BCUT2D eigenvalue weighted by Gasteiger charge is 2.25. The van der Waals surface area contributed by atoms with Crippen LogP contribution in [0.15, 0.2) is 52.2 Å². The number of hydrogen-bond donors (Lipinski definition) is 1. The molecule has 1 saturated carbocycles. The molecule has 0 unspecified atom stereocenters. The summed E-state index contributed by atoms with van der Waals surface area (Å²) in [6.45, 7) is 0. The highest BCUT2D eigenvalue weighted by molar-refractivity contribution is 7.99. The first-order valence-electron chi connectivity index (χ1n) is 9.66. The number of benzene rings is 1. The van der Waals surface area contributed by atoms with E-state index in [1.54, 1.807) is 30.5 Å². The topological polar surface area (TPSA) is 96.7 Å². The molecule has 3 aromatic rings. The van der Waals surface area contributed by atoms with Crippen molar-refractivity contribution >= 4 is 23.4 Å². The lowest BCUT2D eigenvalue weighted by atomic mass is 9.95. The number of carbonyl (C=O) groups is 1. The SMILES string of the molecule is N#Cc1cccc(NC(=O)CSc2nnc(-c3ccco3)n2C2CCCCC2)c1. The summed E-state index contributed by atoms with van der Waals surface area (Å²) in [5.41, 5.74) is 1.12. The number of carbonyl (C=O) groups excluding carboxylic acids is 1. The number of anilines is 1. The first kappa shape index (κ1) is 19.3. The molecule has 1 aliphatic carbocycles. The second-order valence-corrected chi connectivity index (χ2v) is 7.92. The van der Waals surface area contributed by atoms with Crippen LogP contribution in [0.1, 0.15) is 43.7 Å². The lowest BCUT2D eigenvalue weighted by molar-refractivity contribution is -0.113. The van der Waals surface area contributed by atoms with E-state index in [-0.39, 0.29) is 11.7 Å². The second kappa shape index (κ2) is 8.97. The fourth-order valence-electron chi connectivity index (χ4n) is 3.61. The van der Waals surface area contributed by atoms with Crippen LogP contribution in [-0.4, -0.2) is 26.4 Å². The Bertz CT molecular complexity index is 1020. The normalized spacial score (nSPS) is 14.4. The number of nitrogens with zero attached hydrogens (tertiary/aromatic N) is 4. The van der Waals surface area contributed by atoms with Gasteiger partial charge in [-0.3, -0.25) is 9.36 Å². The second-order valence-electron chi connectivity index (χ2n) is 6.97. The summed E-state index contributed by atoms with van der Waals surface area (Å²) in [6, 6.07) is 13.0. The fourth-order valence-corrected chi connectivity index (χ4v) is 4.42. The zero-order valence-corrected chi connectivity index (χ0v) is 16.7. The van der Waals surface area contributed by atoms with Crippen molar-refractivity contribution in [3.63, 3.8) is 0 Å². The van der Waals surface area contributed by atoms with Crippen molar-refractivity contribution < 1.29 is 9.21 Å². The van der Waals surface area contributed by atoms with E-state index in [0.29, 0.717) is 28.9 Å². The average Bonchev–Trinajstić information content (AvgIpc) is 3.42. The Balaban J connectivity index is 1.49. The van der Waals surface area contributed by atoms with Crippen LogP contribution < -0.4 is 5.32 Å². The zero-order valence-electron chi connectivity index (χ0n) is 15.9. The molecule has 0 saturated heterocycles. The molecular formula is C21H21N5O2S. The predicted molar refractivity (Wildman–Crippen MR) is 110 cm³/mol. The van der Waals surface area contributed by atoms with E-state index in [1.807, 2.05) is 12.1 Å². The number of hydrogen-bond acceptors (Lipinski definition) is 6. The van der Waals surface area contributed by atoms with Crippen molar-refractivity contribution in [3.8, 4) is 17.7 Å². The summed E-state index contributed by atoms with van der Waals surface area (Å²) in [6.07, 6.45) is 7.39. The maximum Gasteiger partial charge on any atom is 0.234 e. The first-order chi connectivity index (χ1) is 14.2. The summed E-state index contributed by atoms with van der Waals surface area (Å²) in [5.74, 6) is 1.46. The number of furan rings is 1. The smallest absolute Gasteiger partial charge is 0.234 e. The number of thioether (sulfide) groups is 1. The quantitative estimate of drug-likeness (QED) is 0.598. The zero-order chi connectivity index (χ0) is 20.1. The molecule has 7 nitrogen and oxygen atoms in total. The van der Waals surface area contributed by atoms with Crippen molar-refractivity contribution in [2.45, 2.75) is 43.3 Å². The van der Waals surface area contributed by atoms with Gasteiger partial charge in [-0.15, -0.1) is 10.2 Å². The Kier molecular flexibility index (Phi) is 5.96. The van der Waals surface area contributed by atoms with Crippen molar-refractivity contribution in [2.24, 2.45) is 0 Å². The molecule has 1 aliphatic rings. The standard InChI is InChI=1S/C21H21N5O2S/c22-13-15-6-4-7-16(12-15)23-19(27)14-29-21-25-24-20(18-10-5-11-28-18)26(21)17-8-2-1-3-9-17/h4-7,10-12,17H,1-3,8-9,14H2,(H,23,27). The highest BCUT2D eigenvalue weighted by Crippen LogP contribution is 2.35. The molecule has 8 heteroatoms. The first-order valence-corrected chi connectivity index (χ1v) is 10.6. The molecule has 0 aliphatic heterocycles. The molecule has 2 aromatic heterocycles. The number of nitrogens with one attached hydrogen (secondary N) is 1. The van der Waals surface area contributed by atoms with E-state index in [9.17, 15) is 4.79 Å². The molecule has 148 valence electrons. The van der Waals surface area contributed by atoms with Gasteiger partial charge in [0.05, 0.1) is 23.6 Å². The highest BCUT2D eigenvalue weighted by atomic mass is 32.2. The van der Waals surface area contributed by atoms with Gasteiger partial charge in [0, 0.05) is 11.7 Å². The van der Waals surface area contributed by atoms with Crippen LogP contribution >= 0.6 is 11.8 Å². The minimum Gasteiger partial charge on any atom is -0.461 e. The molecule has 1 amide bonds. The molecular weight excluding hydrogens is 386 g/mol. The third-order valence-electron chi connectivity index (χ3n) is 4.95. The number of amides is 1. The monoisotopic (exact) mass is 407 g/mol. The minimum absolute atomic E-state index is 0.150. The summed E-state index contributed by atoms with van der Waals surface area (Å²) < 4.78 is 7.68. The molecule has 0 radical (unpaired) electrons. The molecule has 0 bridgehead atoms. The van der Waals surface area contributed by atoms with Gasteiger partial charge in [-0.05, 0) is 43.2 Å². The largest absolute Gasteiger partial charge is 0.461 e. The molecule has 0 atom stereocenters. The van der Waals surface area contributed by atoms with E-state index in [1.165, 1.54) is 31.0 Å². The van der Waals surface area contributed by atoms with E-state index in [0.717, 1.165) is 18.0 Å². The third kappa shape index (κ3) is 4.51. The van der Waals surface area contributed by atoms with Crippen molar-refractivity contribution in [1.82, 2.24) is 14.8 Å². The van der Waals surface area contributed by atoms with E-state index in [4.69, 9.17) is 9.68 Å². The lowest BCUT2D eigenvalue weighted by Crippen LogP contribution is -2.17. The molecule has 29 heavy (non-hydrogen) atoms. The maximum atomic E-state index is 12.4. The van der Waals surface area contributed by atoms with E-state index >= 15 is 0 Å². The molecule has 2 heterocycles. The summed E-state index contributed by atoms with van der Waals surface area (Å²) >= 11 is 1.37. The molecule has 0 spiro atoms. The van der Waals surface area contributed by atoms with Crippen LogP contribution in [-0.2, 0) is 4.79 Å². The Labute approximate surface area is 173 Å². The molecule has 4 rings (SSSR count). The Hall–Kier alpha value is -3.05. The van der Waals surface area contributed by atoms with Gasteiger partial charge in [0.25, 0.3) is 0 Å².